The van der Waals surface area contributed by atoms with Gasteiger partial charge in [0.1, 0.15) is 17.9 Å². The number of hydrogen-bond acceptors (Lipinski definition) is 3. The third-order valence-corrected chi connectivity index (χ3v) is 2.89. The topological polar surface area (TPSA) is 60.7 Å². The molecule has 3 heteroatoms. The second kappa shape index (κ2) is 4.55. The SMILES string of the molecule is Cc1cc(C#N)c2oc(CC(C)C)cc2c1C#N. The van der Waals surface area contributed by atoms with Crippen molar-refractivity contribution in [3.63, 3.8) is 0 Å². The second-order valence-electron chi connectivity index (χ2n) is 4.89. The van der Waals surface area contributed by atoms with Crippen LogP contribution in [0.2, 0.25) is 0 Å². The van der Waals surface area contributed by atoms with Crippen LogP contribution in [0.1, 0.15) is 36.3 Å². The Kier molecular flexibility index (Phi) is 3.08. The van der Waals surface area contributed by atoms with Gasteiger partial charge in [-0.3, -0.25) is 0 Å². The first-order valence-corrected chi connectivity index (χ1v) is 5.93. The molecule has 3 nitrogen and oxygen atoms in total. The molecule has 0 aliphatic heterocycles. The smallest absolute Gasteiger partial charge is 0.153 e. The van der Waals surface area contributed by atoms with Gasteiger partial charge in [-0.1, -0.05) is 13.8 Å². The van der Waals surface area contributed by atoms with Crippen molar-refractivity contribution >= 4 is 11.0 Å². The molecule has 0 aliphatic rings. The number of nitriles is 2. The number of aryl methyl sites for hydroxylation is 1. The van der Waals surface area contributed by atoms with Gasteiger partial charge in [-0.2, -0.15) is 10.5 Å². The van der Waals surface area contributed by atoms with E-state index in [1.807, 2.05) is 13.0 Å². The Morgan fingerprint density at radius 2 is 1.94 bits per heavy atom. The third-order valence-electron chi connectivity index (χ3n) is 2.89. The minimum Gasteiger partial charge on any atom is -0.460 e. The second-order valence-corrected chi connectivity index (χ2v) is 4.89. The quantitative estimate of drug-likeness (QED) is 0.801. The molecule has 18 heavy (non-hydrogen) atoms. The lowest BCUT2D eigenvalue weighted by Crippen LogP contribution is -1.90. The molecular formula is C15H14N2O. The van der Waals surface area contributed by atoms with Crippen molar-refractivity contribution in [1.29, 1.82) is 10.5 Å². The normalized spacial score (nSPS) is 10.6. The molecule has 0 amide bonds. The molecule has 1 aromatic heterocycles. The largest absolute Gasteiger partial charge is 0.460 e. The van der Waals surface area contributed by atoms with Gasteiger partial charge in [-0.25, -0.2) is 0 Å². The first kappa shape index (κ1) is 12.2. The van der Waals surface area contributed by atoms with E-state index in [1.54, 1.807) is 6.07 Å². The Balaban J connectivity index is 2.74. The molecule has 0 bridgehead atoms. The molecule has 0 unspecified atom stereocenters. The Labute approximate surface area is 106 Å². The average Bonchev–Trinajstić information content (AvgIpc) is 2.70. The highest BCUT2D eigenvalue weighted by atomic mass is 16.3. The number of furan rings is 1. The summed E-state index contributed by atoms with van der Waals surface area (Å²) in [5.74, 6) is 1.31. The minimum atomic E-state index is 0.475. The maximum atomic E-state index is 9.20. The third kappa shape index (κ3) is 1.96. The molecular weight excluding hydrogens is 224 g/mol. The van der Waals surface area contributed by atoms with E-state index in [0.29, 0.717) is 22.6 Å². The van der Waals surface area contributed by atoms with Gasteiger partial charge in [0, 0.05) is 11.8 Å². The number of fused-ring (bicyclic) bond motifs is 1. The van der Waals surface area contributed by atoms with Crippen LogP contribution < -0.4 is 0 Å². The summed E-state index contributed by atoms with van der Waals surface area (Å²) in [5.41, 5.74) is 2.45. The van der Waals surface area contributed by atoms with Crippen LogP contribution in [-0.2, 0) is 6.42 Å². The van der Waals surface area contributed by atoms with Crippen molar-refractivity contribution in [2.75, 3.05) is 0 Å². The summed E-state index contributed by atoms with van der Waals surface area (Å²) in [7, 11) is 0. The van der Waals surface area contributed by atoms with Gasteiger partial charge >= 0.3 is 0 Å². The zero-order valence-electron chi connectivity index (χ0n) is 10.7. The van der Waals surface area contributed by atoms with E-state index < -0.39 is 0 Å². The fourth-order valence-corrected chi connectivity index (χ4v) is 2.13. The molecule has 1 heterocycles. The molecule has 90 valence electrons. The maximum absolute atomic E-state index is 9.20. The van der Waals surface area contributed by atoms with Gasteiger partial charge < -0.3 is 4.42 Å². The number of benzene rings is 1. The van der Waals surface area contributed by atoms with E-state index >= 15 is 0 Å². The first-order chi connectivity index (χ1) is 8.56. The molecule has 2 aromatic rings. The van der Waals surface area contributed by atoms with Gasteiger partial charge in [0.25, 0.3) is 0 Å². The van der Waals surface area contributed by atoms with Crippen molar-refractivity contribution in [3.05, 3.63) is 34.6 Å². The predicted molar refractivity (Wildman–Crippen MR) is 68.9 cm³/mol. The lowest BCUT2D eigenvalue weighted by atomic mass is 10.0. The van der Waals surface area contributed by atoms with E-state index in [4.69, 9.17) is 9.68 Å². The summed E-state index contributed by atoms with van der Waals surface area (Å²) in [6.07, 6.45) is 0.809. The lowest BCUT2D eigenvalue weighted by molar-refractivity contribution is 0.499. The summed E-state index contributed by atoms with van der Waals surface area (Å²) < 4.78 is 5.72. The van der Waals surface area contributed by atoms with Crippen molar-refractivity contribution in [1.82, 2.24) is 0 Å². The monoisotopic (exact) mass is 238 g/mol. The summed E-state index contributed by atoms with van der Waals surface area (Å²) >= 11 is 0. The van der Waals surface area contributed by atoms with Crippen LogP contribution in [0, 0.1) is 35.5 Å². The fraction of sp³-hybridized carbons (Fsp3) is 0.333. The predicted octanol–water partition coefficient (Wildman–Crippen LogP) is 3.68. The van der Waals surface area contributed by atoms with Crippen molar-refractivity contribution in [2.24, 2.45) is 5.92 Å². The van der Waals surface area contributed by atoms with E-state index in [9.17, 15) is 5.26 Å². The molecule has 0 aliphatic carbocycles. The first-order valence-electron chi connectivity index (χ1n) is 5.93. The Morgan fingerprint density at radius 1 is 1.22 bits per heavy atom. The maximum Gasteiger partial charge on any atom is 0.153 e. The van der Waals surface area contributed by atoms with Gasteiger partial charge in [0.05, 0.1) is 11.1 Å². The van der Waals surface area contributed by atoms with E-state index in [1.165, 1.54) is 0 Å². The molecule has 0 fully saturated rings. The Bertz CT molecular complexity index is 681. The summed E-state index contributed by atoms with van der Waals surface area (Å²) in [4.78, 5) is 0. The van der Waals surface area contributed by atoms with Crippen molar-refractivity contribution < 1.29 is 4.42 Å². The molecule has 0 N–H and O–H groups in total. The molecule has 0 radical (unpaired) electrons. The van der Waals surface area contributed by atoms with Crippen LogP contribution in [0.3, 0.4) is 0 Å². The van der Waals surface area contributed by atoms with Crippen LogP contribution in [0.5, 0.6) is 0 Å². The summed E-state index contributed by atoms with van der Waals surface area (Å²) in [5, 5.41) is 19.1. The molecule has 0 spiro atoms. The van der Waals surface area contributed by atoms with Gasteiger partial charge in [-0.15, -0.1) is 0 Å². The van der Waals surface area contributed by atoms with Gasteiger partial charge in [0.2, 0.25) is 0 Å². The standard InChI is InChI=1S/C15H14N2O/c1-9(2)4-12-6-13-14(8-17)10(3)5-11(7-16)15(13)18-12/h5-6,9H,4H2,1-3H3. The highest BCUT2D eigenvalue weighted by molar-refractivity contribution is 5.90. The van der Waals surface area contributed by atoms with Crippen molar-refractivity contribution in [3.8, 4) is 12.1 Å². The van der Waals surface area contributed by atoms with Crippen LogP contribution in [0.25, 0.3) is 11.0 Å². The minimum absolute atomic E-state index is 0.475. The summed E-state index contributed by atoms with van der Waals surface area (Å²) in [6, 6.07) is 7.91. The van der Waals surface area contributed by atoms with Crippen LogP contribution in [0.4, 0.5) is 0 Å². The van der Waals surface area contributed by atoms with E-state index in [-0.39, 0.29) is 0 Å². The highest BCUT2D eigenvalue weighted by Gasteiger charge is 2.15. The van der Waals surface area contributed by atoms with Crippen LogP contribution in [-0.4, -0.2) is 0 Å². The van der Waals surface area contributed by atoms with Crippen molar-refractivity contribution in [2.45, 2.75) is 27.2 Å². The van der Waals surface area contributed by atoms with E-state index in [0.717, 1.165) is 23.1 Å². The molecule has 1 aromatic carbocycles. The lowest BCUT2D eigenvalue weighted by Gasteiger charge is -1.99. The zero-order valence-corrected chi connectivity index (χ0v) is 10.7. The van der Waals surface area contributed by atoms with Gasteiger partial charge in [-0.05, 0) is 30.5 Å². The molecule has 2 rings (SSSR count). The molecule has 0 saturated heterocycles. The number of rotatable bonds is 2. The zero-order chi connectivity index (χ0) is 13.3. The highest BCUT2D eigenvalue weighted by Crippen LogP contribution is 2.29. The number of nitrogens with zero attached hydrogens (tertiary/aromatic N) is 2. The Hall–Kier alpha value is -2.26. The molecule has 0 saturated carbocycles. The number of hydrogen-bond donors (Lipinski definition) is 0. The Morgan fingerprint density at radius 3 is 2.50 bits per heavy atom. The van der Waals surface area contributed by atoms with Crippen LogP contribution in [0.15, 0.2) is 16.5 Å². The summed E-state index contributed by atoms with van der Waals surface area (Å²) in [6.45, 7) is 6.05. The van der Waals surface area contributed by atoms with Crippen LogP contribution >= 0.6 is 0 Å². The molecule has 0 atom stereocenters. The average molecular weight is 238 g/mol. The van der Waals surface area contributed by atoms with Gasteiger partial charge in [0.15, 0.2) is 5.58 Å². The fourth-order valence-electron chi connectivity index (χ4n) is 2.13. The van der Waals surface area contributed by atoms with E-state index in [2.05, 4.69) is 26.0 Å².